The van der Waals surface area contributed by atoms with Crippen molar-refractivity contribution in [3.05, 3.63) is 46.7 Å². The molecule has 1 N–H and O–H groups in total. The Balaban J connectivity index is 2.05. The smallest absolute Gasteiger partial charge is 0.315 e. The molecule has 1 aliphatic rings. The average Bonchev–Trinajstić information content (AvgIpc) is 3.09. The van der Waals surface area contributed by atoms with E-state index >= 15 is 0 Å². The Bertz CT molecular complexity index is 603. The molecule has 1 aliphatic carbocycles. The molecule has 1 aromatic heterocycles. The van der Waals surface area contributed by atoms with E-state index in [1.807, 2.05) is 36.5 Å². The van der Waals surface area contributed by atoms with Crippen LogP contribution in [0.15, 0.2) is 41.0 Å². The Hall–Kier alpha value is -1.62. The summed E-state index contributed by atoms with van der Waals surface area (Å²) in [5.41, 5.74) is 0.767. The summed E-state index contributed by atoms with van der Waals surface area (Å²) >= 11 is 3.41. The van der Waals surface area contributed by atoms with E-state index in [0.717, 1.165) is 10.2 Å². The third-order valence-corrected chi connectivity index (χ3v) is 3.88. The number of para-hydroxylation sites is 1. The van der Waals surface area contributed by atoms with Gasteiger partial charge in [0.25, 0.3) is 0 Å². The van der Waals surface area contributed by atoms with Crippen molar-refractivity contribution in [2.75, 3.05) is 0 Å². The zero-order valence-electron chi connectivity index (χ0n) is 9.51. The van der Waals surface area contributed by atoms with Gasteiger partial charge < -0.3 is 5.11 Å². The molecule has 4 nitrogen and oxygen atoms in total. The normalized spacial score (nSPS) is 16.5. The number of halogens is 1. The molecule has 0 aliphatic heterocycles. The molecule has 0 saturated heterocycles. The van der Waals surface area contributed by atoms with E-state index in [9.17, 15) is 9.90 Å². The van der Waals surface area contributed by atoms with Crippen LogP contribution in [0.1, 0.15) is 18.5 Å². The van der Waals surface area contributed by atoms with Gasteiger partial charge in [-0.2, -0.15) is 5.10 Å². The van der Waals surface area contributed by atoms with Crippen LogP contribution in [0, 0.1) is 0 Å². The minimum Gasteiger partial charge on any atom is -0.481 e. The van der Waals surface area contributed by atoms with E-state index in [-0.39, 0.29) is 0 Å². The lowest BCUT2D eigenvalue weighted by Gasteiger charge is -2.06. The van der Waals surface area contributed by atoms with Crippen LogP contribution in [0.4, 0.5) is 0 Å². The summed E-state index contributed by atoms with van der Waals surface area (Å²) < 4.78 is 2.47. The van der Waals surface area contributed by atoms with E-state index in [1.165, 1.54) is 0 Å². The second kappa shape index (κ2) is 3.95. The molecule has 18 heavy (non-hydrogen) atoms. The van der Waals surface area contributed by atoms with Gasteiger partial charge in [0.15, 0.2) is 0 Å². The third kappa shape index (κ3) is 1.66. The Morgan fingerprint density at radius 1 is 1.33 bits per heavy atom. The zero-order chi connectivity index (χ0) is 12.8. The Morgan fingerprint density at radius 2 is 2.00 bits per heavy atom. The second-order valence-electron chi connectivity index (χ2n) is 4.49. The fraction of sp³-hybridized carbons (Fsp3) is 0.231. The number of carbonyl (C=O) groups is 1. The highest BCUT2D eigenvalue weighted by Gasteiger charge is 2.54. The quantitative estimate of drug-likeness (QED) is 0.948. The van der Waals surface area contributed by atoms with E-state index in [2.05, 4.69) is 21.0 Å². The van der Waals surface area contributed by atoms with E-state index in [4.69, 9.17) is 0 Å². The minimum absolute atomic E-state index is 0.624. The van der Waals surface area contributed by atoms with Crippen LogP contribution in [0.2, 0.25) is 0 Å². The van der Waals surface area contributed by atoms with Crippen LogP contribution in [-0.2, 0) is 10.2 Å². The summed E-state index contributed by atoms with van der Waals surface area (Å²) in [4.78, 5) is 11.3. The number of rotatable bonds is 3. The van der Waals surface area contributed by atoms with E-state index in [0.29, 0.717) is 18.5 Å². The summed E-state index contributed by atoms with van der Waals surface area (Å²) in [5.74, 6) is -0.790. The van der Waals surface area contributed by atoms with Crippen molar-refractivity contribution in [2.45, 2.75) is 18.3 Å². The van der Waals surface area contributed by atoms with Crippen molar-refractivity contribution in [3.63, 3.8) is 0 Å². The lowest BCUT2D eigenvalue weighted by Crippen LogP contribution is -2.20. The number of aromatic nitrogens is 2. The molecule has 2 aromatic rings. The lowest BCUT2D eigenvalue weighted by atomic mass is 10.0. The molecule has 0 spiro atoms. The van der Waals surface area contributed by atoms with Gasteiger partial charge in [0.05, 0.1) is 15.9 Å². The first-order chi connectivity index (χ1) is 8.63. The fourth-order valence-electron chi connectivity index (χ4n) is 2.07. The number of carboxylic acid groups (broad SMARTS) is 1. The summed E-state index contributed by atoms with van der Waals surface area (Å²) in [6.45, 7) is 0. The summed E-state index contributed by atoms with van der Waals surface area (Å²) in [5, 5.41) is 13.7. The van der Waals surface area contributed by atoms with E-state index < -0.39 is 11.4 Å². The van der Waals surface area contributed by atoms with Gasteiger partial charge >= 0.3 is 5.97 Å². The Labute approximate surface area is 112 Å². The van der Waals surface area contributed by atoms with Crippen LogP contribution < -0.4 is 0 Å². The van der Waals surface area contributed by atoms with Crippen LogP contribution in [0.5, 0.6) is 0 Å². The van der Waals surface area contributed by atoms with Gasteiger partial charge in [-0.1, -0.05) is 18.2 Å². The number of carboxylic acids is 1. The predicted molar refractivity (Wildman–Crippen MR) is 69.8 cm³/mol. The van der Waals surface area contributed by atoms with Crippen molar-refractivity contribution in [1.29, 1.82) is 0 Å². The van der Waals surface area contributed by atoms with Crippen LogP contribution in [0.3, 0.4) is 0 Å². The molecule has 1 fully saturated rings. The maximum atomic E-state index is 11.3. The number of benzene rings is 1. The SMILES string of the molecule is O=C(O)C1(c2nn(-c3ccccc3)cc2Br)CC1. The standard InChI is InChI=1S/C13H11BrN2O2/c14-10-8-16(9-4-2-1-3-5-9)15-11(10)13(6-7-13)12(17)18/h1-5,8H,6-7H2,(H,17,18). The van der Waals surface area contributed by atoms with Gasteiger partial charge in [-0.25, -0.2) is 4.68 Å². The summed E-state index contributed by atoms with van der Waals surface area (Å²) in [6, 6.07) is 9.65. The third-order valence-electron chi connectivity index (χ3n) is 3.30. The highest BCUT2D eigenvalue weighted by molar-refractivity contribution is 9.10. The van der Waals surface area contributed by atoms with Gasteiger partial charge in [-0.15, -0.1) is 0 Å². The number of aliphatic carboxylic acids is 1. The number of hydrogen-bond acceptors (Lipinski definition) is 2. The van der Waals surface area contributed by atoms with Gasteiger partial charge in [0, 0.05) is 6.20 Å². The van der Waals surface area contributed by atoms with Crippen molar-refractivity contribution in [1.82, 2.24) is 9.78 Å². The maximum absolute atomic E-state index is 11.3. The van der Waals surface area contributed by atoms with E-state index in [1.54, 1.807) is 4.68 Å². The van der Waals surface area contributed by atoms with Gasteiger partial charge in [0.2, 0.25) is 0 Å². The Morgan fingerprint density at radius 3 is 2.56 bits per heavy atom. The van der Waals surface area contributed by atoms with Gasteiger partial charge in [-0.05, 0) is 40.9 Å². The first kappa shape index (κ1) is 11.5. The van der Waals surface area contributed by atoms with Gasteiger partial charge in [-0.3, -0.25) is 4.79 Å². The second-order valence-corrected chi connectivity index (χ2v) is 5.35. The van der Waals surface area contributed by atoms with Gasteiger partial charge in [0.1, 0.15) is 5.41 Å². The molecule has 1 saturated carbocycles. The highest BCUT2D eigenvalue weighted by Crippen LogP contribution is 2.50. The molecule has 0 amide bonds. The molecule has 0 bridgehead atoms. The monoisotopic (exact) mass is 306 g/mol. The zero-order valence-corrected chi connectivity index (χ0v) is 11.1. The maximum Gasteiger partial charge on any atom is 0.315 e. The molecular weight excluding hydrogens is 296 g/mol. The first-order valence-corrected chi connectivity index (χ1v) is 6.47. The summed E-state index contributed by atoms with van der Waals surface area (Å²) in [6.07, 6.45) is 3.13. The molecule has 0 radical (unpaired) electrons. The molecule has 5 heteroatoms. The Kier molecular flexibility index (Phi) is 2.52. The lowest BCUT2D eigenvalue weighted by molar-refractivity contribution is -0.140. The fourth-order valence-corrected chi connectivity index (χ4v) is 2.72. The van der Waals surface area contributed by atoms with Crippen LogP contribution >= 0.6 is 15.9 Å². The molecule has 1 aromatic carbocycles. The van der Waals surface area contributed by atoms with Crippen molar-refractivity contribution >= 4 is 21.9 Å². The van der Waals surface area contributed by atoms with Crippen LogP contribution in [0.25, 0.3) is 5.69 Å². The van der Waals surface area contributed by atoms with Crippen molar-refractivity contribution < 1.29 is 9.90 Å². The topological polar surface area (TPSA) is 55.1 Å². The highest BCUT2D eigenvalue weighted by atomic mass is 79.9. The number of hydrogen-bond donors (Lipinski definition) is 1. The molecular formula is C13H11BrN2O2. The molecule has 1 heterocycles. The predicted octanol–water partition coefficient (Wildman–Crippen LogP) is 2.75. The number of nitrogens with zero attached hydrogens (tertiary/aromatic N) is 2. The molecule has 92 valence electrons. The average molecular weight is 307 g/mol. The van der Waals surface area contributed by atoms with Crippen molar-refractivity contribution in [2.24, 2.45) is 0 Å². The minimum atomic E-state index is -0.790. The first-order valence-electron chi connectivity index (χ1n) is 5.68. The molecule has 3 rings (SSSR count). The van der Waals surface area contributed by atoms with Crippen LogP contribution in [-0.4, -0.2) is 20.9 Å². The largest absolute Gasteiger partial charge is 0.481 e. The molecule has 0 unspecified atom stereocenters. The summed E-state index contributed by atoms with van der Waals surface area (Å²) in [7, 11) is 0. The van der Waals surface area contributed by atoms with Crippen molar-refractivity contribution in [3.8, 4) is 5.69 Å². The molecule has 0 atom stereocenters.